The van der Waals surface area contributed by atoms with E-state index in [-0.39, 0.29) is 50.0 Å². The van der Waals surface area contributed by atoms with Gasteiger partial charge in [0.1, 0.15) is 11.6 Å². The third-order valence-corrected chi connectivity index (χ3v) is 5.71. The van der Waals surface area contributed by atoms with Gasteiger partial charge in [0.05, 0.1) is 40.0 Å². The Balaban J connectivity index is 2.03. The number of rotatable bonds is 4. The Morgan fingerprint density at radius 1 is 1.20 bits per heavy atom. The minimum absolute atomic E-state index is 0.0679. The standard InChI is InChI=1S/C21H18ClF2N3O3/c1-10-12-6-15(24)20(26-3-2-4-26)18(22)19(12)27(8-13(10)21(29)30)17-7-16(25)14(23)5-11(17)9-28/h5-8,28H,1-4,9,25H2,(H,29,30). The molecule has 0 spiro atoms. The molecule has 4 rings (SSSR count). The SMILES string of the molecule is C=C1C(C(=O)O)=CN(c2cc(N)c(F)cc2CO)c2c1cc(F)c(N1CCC1)c2Cl. The fourth-order valence-corrected chi connectivity index (χ4v) is 4.06. The summed E-state index contributed by atoms with van der Waals surface area (Å²) in [6, 6.07) is 3.54. The van der Waals surface area contributed by atoms with Crippen LogP contribution < -0.4 is 15.5 Å². The minimum atomic E-state index is -1.28. The lowest BCUT2D eigenvalue weighted by atomic mass is 9.92. The zero-order valence-corrected chi connectivity index (χ0v) is 16.5. The predicted molar refractivity (Wildman–Crippen MR) is 112 cm³/mol. The molecule has 0 amide bonds. The summed E-state index contributed by atoms with van der Waals surface area (Å²) in [6.07, 6.45) is 2.16. The molecular formula is C21H18ClF2N3O3. The van der Waals surface area contributed by atoms with Crippen molar-refractivity contribution in [3.05, 3.63) is 64.3 Å². The molecule has 156 valence electrons. The summed E-state index contributed by atoms with van der Waals surface area (Å²) in [5.74, 6) is -2.59. The van der Waals surface area contributed by atoms with Gasteiger partial charge in [-0.3, -0.25) is 0 Å². The number of aliphatic hydroxyl groups excluding tert-OH is 1. The number of carboxylic acid groups (broad SMARTS) is 1. The van der Waals surface area contributed by atoms with E-state index in [2.05, 4.69) is 6.58 Å². The molecule has 2 aromatic rings. The molecule has 2 heterocycles. The fourth-order valence-electron chi connectivity index (χ4n) is 3.65. The van der Waals surface area contributed by atoms with Gasteiger partial charge >= 0.3 is 5.97 Å². The summed E-state index contributed by atoms with van der Waals surface area (Å²) in [6.45, 7) is 4.54. The van der Waals surface area contributed by atoms with Crippen molar-refractivity contribution in [3.8, 4) is 0 Å². The lowest BCUT2D eigenvalue weighted by Crippen LogP contribution is -2.38. The Morgan fingerprint density at radius 3 is 2.47 bits per heavy atom. The summed E-state index contributed by atoms with van der Waals surface area (Å²) < 4.78 is 28.9. The van der Waals surface area contributed by atoms with Gasteiger partial charge in [-0.2, -0.15) is 0 Å². The highest BCUT2D eigenvalue weighted by molar-refractivity contribution is 6.37. The highest BCUT2D eigenvalue weighted by Crippen LogP contribution is 2.50. The molecule has 2 aromatic carbocycles. The number of hydrogen-bond donors (Lipinski definition) is 3. The van der Waals surface area contributed by atoms with Crippen LogP contribution >= 0.6 is 11.6 Å². The molecule has 2 aliphatic rings. The number of halogens is 3. The number of aliphatic carboxylic acids is 1. The van der Waals surface area contributed by atoms with Gasteiger partial charge in [0, 0.05) is 30.4 Å². The van der Waals surface area contributed by atoms with Crippen molar-refractivity contribution in [3.63, 3.8) is 0 Å². The first-order chi connectivity index (χ1) is 14.2. The molecule has 4 N–H and O–H groups in total. The molecule has 30 heavy (non-hydrogen) atoms. The van der Waals surface area contributed by atoms with Crippen LogP contribution in [0.2, 0.25) is 5.02 Å². The minimum Gasteiger partial charge on any atom is -0.478 e. The molecule has 1 saturated heterocycles. The van der Waals surface area contributed by atoms with Gasteiger partial charge in [0.15, 0.2) is 0 Å². The fraction of sp³-hybridized carbons (Fsp3) is 0.190. The van der Waals surface area contributed by atoms with Crippen molar-refractivity contribution >= 4 is 45.9 Å². The Hall–Kier alpha value is -3.10. The first-order valence-corrected chi connectivity index (χ1v) is 9.52. The number of carbonyl (C=O) groups is 1. The van der Waals surface area contributed by atoms with Crippen LogP contribution in [0.4, 0.5) is 31.5 Å². The number of hydrogen-bond acceptors (Lipinski definition) is 5. The maximum Gasteiger partial charge on any atom is 0.337 e. The molecular weight excluding hydrogens is 416 g/mol. The topological polar surface area (TPSA) is 90.0 Å². The van der Waals surface area contributed by atoms with Crippen molar-refractivity contribution in [2.45, 2.75) is 13.0 Å². The molecule has 6 nitrogen and oxygen atoms in total. The van der Waals surface area contributed by atoms with E-state index < -0.39 is 24.2 Å². The van der Waals surface area contributed by atoms with Crippen LogP contribution in [0.15, 0.2) is 36.6 Å². The van der Waals surface area contributed by atoms with E-state index in [9.17, 15) is 23.8 Å². The van der Waals surface area contributed by atoms with Crippen LogP contribution in [-0.2, 0) is 11.4 Å². The summed E-state index contributed by atoms with van der Waals surface area (Å²) >= 11 is 6.63. The normalized spacial score (nSPS) is 15.6. The van der Waals surface area contributed by atoms with E-state index in [1.807, 2.05) is 0 Å². The third-order valence-electron chi connectivity index (χ3n) is 5.35. The number of nitrogens with zero attached hydrogens (tertiary/aromatic N) is 2. The molecule has 0 radical (unpaired) electrons. The van der Waals surface area contributed by atoms with Gasteiger partial charge in [-0.05, 0) is 30.2 Å². The summed E-state index contributed by atoms with van der Waals surface area (Å²) in [5.41, 5.74) is 6.49. The average molecular weight is 434 g/mol. The molecule has 0 unspecified atom stereocenters. The third kappa shape index (κ3) is 3.00. The first kappa shape index (κ1) is 20.2. The lowest BCUT2D eigenvalue weighted by molar-refractivity contribution is -0.132. The lowest BCUT2D eigenvalue weighted by Gasteiger charge is -2.37. The molecule has 1 fully saturated rings. The number of anilines is 4. The van der Waals surface area contributed by atoms with Crippen LogP contribution in [-0.4, -0.2) is 29.3 Å². The van der Waals surface area contributed by atoms with Gasteiger partial charge in [-0.15, -0.1) is 0 Å². The molecule has 0 aromatic heterocycles. The van der Waals surface area contributed by atoms with E-state index in [0.29, 0.717) is 13.1 Å². The monoisotopic (exact) mass is 433 g/mol. The van der Waals surface area contributed by atoms with E-state index in [0.717, 1.165) is 12.5 Å². The van der Waals surface area contributed by atoms with Crippen molar-refractivity contribution in [1.29, 1.82) is 0 Å². The predicted octanol–water partition coefficient (Wildman–Crippen LogP) is 4.04. The number of nitrogens with two attached hydrogens (primary N) is 1. The molecule has 2 aliphatic heterocycles. The van der Waals surface area contributed by atoms with Crippen LogP contribution in [0.25, 0.3) is 5.57 Å². The van der Waals surface area contributed by atoms with Crippen molar-refractivity contribution in [2.24, 2.45) is 0 Å². The Morgan fingerprint density at radius 2 is 1.90 bits per heavy atom. The zero-order valence-electron chi connectivity index (χ0n) is 15.8. The second-order valence-electron chi connectivity index (χ2n) is 7.11. The number of fused-ring (bicyclic) bond motifs is 1. The van der Waals surface area contributed by atoms with Crippen LogP contribution in [0.1, 0.15) is 17.5 Å². The summed E-state index contributed by atoms with van der Waals surface area (Å²) in [4.78, 5) is 15.0. The Labute approximate surface area is 176 Å². The number of benzene rings is 2. The quantitative estimate of drug-likeness (QED) is 0.631. The van der Waals surface area contributed by atoms with Crippen LogP contribution in [0, 0.1) is 11.6 Å². The van der Waals surface area contributed by atoms with Gasteiger partial charge in [0.25, 0.3) is 0 Å². The van der Waals surface area contributed by atoms with Crippen molar-refractivity contribution in [1.82, 2.24) is 0 Å². The number of carboxylic acids is 1. The maximum absolute atomic E-state index is 14.9. The molecule has 9 heteroatoms. The van der Waals surface area contributed by atoms with Crippen molar-refractivity contribution in [2.75, 3.05) is 28.6 Å². The Kier molecular flexibility index (Phi) is 4.91. The van der Waals surface area contributed by atoms with Gasteiger partial charge in [0.2, 0.25) is 0 Å². The number of aliphatic hydroxyl groups is 1. The highest BCUT2D eigenvalue weighted by Gasteiger charge is 2.33. The van der Waals surface area contributed by atoms with E-state index >= 15 is 0 Å². The molecule has 0 aliphatic carbocycles. The van der Waals surface area contributed by atoms with Crippen LogP contribution in [0.5, 0.6) is 0 Å². The maximum atomic E-state index is 14.9. The highest BCUT2D eigenvalue weighted by atomic mass is 35.5. The molecule has 0 atom stereocenters. The second kappa shape index (κ2) is 7.30. The smallest absolute Gasteiger partial charge is 0.337 e. The van der Waals surface area contributed by atoms with E-state index in [1.165, 1.54) is 23.2 Å². The molecule has 0 saturated carbocycles. The zero-order chi connectivity index (χ0) is 21.7. The number of nitrogen functional groups attached to an aromatic ring is 1. The largest absolute Gasteiger partial charge is 0.478 e. The van der Waals surface area contributed by atoms with Gasteiger partial charge < -0.3 is 25.7 Å². The second-order valence-corrected chi connectivity index (χ2v) is 7.49. The average Bonchev–Trinajstić information content (AvgIpc) is 2.65. The van der Waals surface area contributed by atoms with E-state index in [1.54, 1.807) is 4.90 Å². The Bertz CT molecular complexity index is 1130. The van der Waals surface area contributed by atoms with E-state index in [4.69, 9.17) is 17.3 Å². The summed E-state index contributed by atoms with van der Waals surface area (Å²) in [7, 11) is 0. The van der Waals surface area contributed by atoms with Gasteiger partial charge in [-0.1, -0.05) is 18.2 Å². The summed E-state index contributed by atoms with van der Waals surface area (Å²) in [5, 5.41) is 19.4. The van der Waals surface area contributed by atoms with Crippen LogP contribution in [0.3, 0.4) is 0 Å². The first-order valence-electron chi connectivity index (χ1n) is 9.14. The molecule has 0 bridgehead atoms. The van der Waals surface area contributed by atoms with Gasteiger partial charge in [-0.25, -0.2) is 13.6 Å². The van der Waals surface area contributed by atoms with Crippen molar-refractivity contribution < 1.29 is 23.8 Å².